The van der Waals surface area contributed by atoms with Crippen LogP contribution in [0.15, 0.2) is 29.4 Å². The van der Waals surface area contributed by atoms with Crippen molar-refractivity contribution < 1.29 is 4.79 Å². The van der Waals surface area contributed by atoms with Gasteiger partial charge in [0.15, 0.2) is 0 Å². The van der Waals surface area contributed by atoms with Gasteiger partial charge >= 0.3 is 0 Å². The Morgan fingerprint density at radius 2 is 1.77 bits per heavy atom. The van der Waals surface area contributed by atoms with E-state index in [4.69, 9.17) is 0 Å². The Kier molecular flexibility index (Phi) is 5.38. The van der Waals surface area contributed by atoms with Crippen LogP contribution < -0.4 is 5.43 Å². The SMILES string of the molecule is CCc1ccc(C(=O)NN=C2CCC(C(C)(C)C)CC2)cc1. The van der Waals surface area contributed by atoms with Gasteiger partial charge in [0.25, 0.3) is 5.91 Å². The molecule has 1 saturated carbocycles. The average Bonchev–Trinajstić information content (AvgIpc) is 2.52. The molecule has 1 aromatic carbocycles. The smallest absolute Gasteiger partial charge is 0.267 e. The monoisotopic (exact) mass is 300 g/mol. The molecule has 1 amide bonds. The van der Waals surface area contributed by atoms with Gasteiger partial charge < -0.3 is 0 Å². The van der Waals surface area contributed by atoms with Crippen LogP contribution >= 0.6 is 0 Å². The van der Waals surface area contributed by atoms with E-state index in [-0.39, 0.29) is 5.91 Å². The largest absolute Gasteiger partial charge is 0.271 e. The Balaban J connectivity index is 1.88. The van der Waals surface area contributed by atoms with Crippen molar-refractivity contribution in [2.24, 2.45) is 16.4 Å². The average molecular weight is 300 g/mol. The number of nitrogens with one attached hydrogen (secondary N) is 1. The van der Waals surface area contributed by atoms with Gasteiger partial charge in [0, 0.05) is 11.3 Å². The summed E-state index contributed by atoms with van der Waals surface area (Å²) in [5, 5.41) is 4.34. The molecule has 1 aromatic rings. The van der Waals surface area contributed by atoms with E-state index in [9.17, 15) is 4.79 Å². The van der Waals surface area contributed by atoms with Crippen molar-refractivity contribution >= 4 is 11.6 Å². The van der Waals surface area contributed by atoms with Gasteiger partial charge in [-0.2, -0.15) is 5.10 Å². The summed E-state index contributed by atoms with van der Waals surface area (Å²) in [6.07, 6.45) is 5.32. The number of benzene rings is 1. The molecule has 3 nitrogen and oxygen atoms in total. The van der Waals surface area contributed by atoms with Gasteiger partial charge in [0.05, 0.1) is 0 Å². The van der Waals surface area contributed by atoms with Gasteiger partial charge in [-0.1, -0.05) is 39.8 Å². The molecule has 0 bridgehead atoms. The van der Waals surface area contributed by atoms with Crippen LogP contribution in [-0.2, 0) is 6.42 Å². The zero-order valence-electron chi connectivity index (χ0n) is 14.3. The lowest BCUT2D eigenvalue weighted by molar-refractivity contribution is 0.0954. The van der Waals surface area contributed by atoms with Gasteiger partial charge in [-0.15, -0.1) is 0 Å². The predicted molar refractivity (Wildman–Crippen MR) is 92.1 cm³/mol. The maximum Gasteiger partial charge on any atom is 0.271 e. The molecule has 22 heavy (non-hydrogen) atoms. The van der Waals surface area contributed by atoms with E-state index >= 15 is 0 Å². The quantitative estimate of drug-likeness (QED) is 0.816. The van der Waals surface area contributed by atoms with Crippen molar-refractivity contribution in [2.75, 3.05) is 0 Å². The van der Waals surface area contributed by atoms with Crippen LogP contribution in [0.3, 0.4) is 0 Å². The fourth-order valence-electron chi connectivity index (χ4n) is 3.02. The van der Waals surface area contributed by atoms with E-state index in [1.807, 2.05) is 24.3 Å². The van der Waals surface area contributed by atoms with Crippen LogP contribution in [0.25, 0.3) is 0 Å². The Labute approximate surface area is 134 Å². The first kappa shape index (κ1) is 16.7. The molecule has 2 rings (SSSR count). The molecular formula is C19H28N2O. The fourth-order valence-corrected chi connectivity index (χ4v) is 3.02. The van der Waals surface area contributed by atoms with E-state index in [1.165, 1.54) is 18.4 Å². The second-order valence-corrected chi connectivity index (χ2v) is 7.31. The Bertz CT molecular complexity index is 528. The number of hydrogen-bond donors (Lipinski definition) is 1. The van der Waals surface area contributed by atoms with Crippen LogP contribution in [0.1, 0.15) is 69.3 Å². The number of carbonyl (C=O) groups is 1. The highest BCUT2D eigenvalue weighted by Gasteiger charge is 2.28. The Morgan fingerprint density at radius 1 is 1.18 bits per heavy atom. The van der Waals surface area contributed by atoms with Gasteiger partial charge in [-0.3, -0.25) is 4.79 Å². The van der Waals surface area contributed by atoms with Crippen LogP contribution in [0.4, 0.5) is 0 Å². The molecule has 1 aliphatic rings. The zero-order valence-corrected chi connectivity index (χ0v) is 14.3. The van der Waals surface area contributed by atoms with Crippen molar-refractivity contribution in [1.82, 2.24) is 5.43 Å². The number of hydrogen-bond acceptors (Lipinski definition) is 2. The van der Waals surface area contributed by atoms with Crippen LogP contribution in [-0.4, -0.2) is 11.6 Å². The Morgan fingerprint density at radius 3 is 2.27 bits per heavy atom. The van der Waals surface area contributed by atoms with E-state index in [0.717, 1.165) is 30.9 Å². The van der Waals surface area contributed by atoms with E-state index in [0.29, 0.717) is 11.0 Å². The standard InChI is InChI=1S/C19H28N2O/c1-5-14-6-8-15(9-7-14)18(22)21-20-17-12-10-16(11-13-17)19(2,3)4/h6-9,16H,5,10-13H2,1-4H3,(H,21,22). The van der Waals surface area contributed by atoms with Crippen molar-refractivity contribution in [1.29, 1.82) is 0 Å². The Hall–Kier alpha value is -1.64. The van der Waals surface area contributed by atoms with E-state index < -0.39 is 0 Å². The summed E-state index contributed by atoms with van der Waals surface area (Å²) in [6.45, 7) is 9.03. The fraction of sp³-hybridized carbons (Fsp3) is 0.579. The van der Waals surface area contributed by atoms with E-state index in [2.05, 4.69) is 38.2 Å². The van der Waals surface area contributed by atoms with Gasteiger partial charge in [0.2, 0.25) is 0 Å². The third-order valence-electron chi connectivity index (χ3n) is 4.73. The molecule has 3 heteroatoms. The van der Waals surface area contributed by atoms with Gasteiger partial charge in [-0.25, -0.2) is 5.43 Å². The highest BCUT2D eigenvalue weighted by molar-refractivity contribution is 5.95. The molecule has 0 unspecified atom stereocenters. The first-order valence-electron chi connectivity index (χ1n) is 8.35. The van der Waals surface area contributed by atoms with E-state index in [1.54, 1.807) is 0 Å². The first-order valence-corrected chi connectivity index (χ1v) is 8.35. The summed E-state index contributed by atoms with van der Waals surface area (Å²) >= 11 is 0. The molecule has 0 aromatic heterocycles. The third-order valence-corrected chi connectivity index (χ3v) is 4.73. The zero-order chi connectivity index (χ0) is 16.2. The molecule has 0 spiro atoms. The molecule has 0 heterocycles. The second kappa shape index (κ2) is 7.08. The minimum atomic E-state index is -0.118. The third kappa shape index (κ3) is 4.43. The molecule has 1 fully saturated rings. The minimum absolute atomic E-state index is 0.118. The number of nitrogens with zero attached hydrogens (tertiary/aromatic N) is 1. The molecule has 0 saturated heterocycles. The number of carbonyl (C=O) groups excluding carboxylic acids is 1. The van der Waals surface area contributed by atoms with Crippen molar-refractivity contribution in [3.8, 4) is 0 Å². The summed E-state index contributed by atoms with van der Waals surface area (Å²) < 4.78 is 0. The summed E-state index contributed by atoms with van der Waals surface area (Å²) in [4.78, 5) is 12.1. The molecule has 0 atom stereocenters. The lowest BCUT2D eigenvalue weighted by Gasteiger charge is -2.34. The molecular weight excluding hydrogens is 272 g/mol. The second-order valence-electron chi connectivity index (χ2n) is 7.31. The minimum Gasteiger partial charge on any atom is -0.267 e. The lowest BCUT2D eigenvalue weighted by Crippen LogP contribution is -2.27. The molecule has 1 aliphatic carbocycles. The summed E-state index contributed by atoms with van der Waals surface area (Å²) in [7, 11) is 0. The maximum absolute atomic E-state index is 12.1. The first-order chi connectivity index (χ1) is 10.4. The summed E-state index contributed by atoms with van der Waals surface area (Å²) in [6, 6.07) is 7.73. The highest BCUT2D eigenvalue weighted by atomic mass is 16.2. The van der Waals surface area contributed by atoms with Crippen LogP contribution in [0.2, 0.25) is 0 Å². The van der Waals surface area contributed by atoms with Crippen molar-refractivity contribution in [3.05, 3.63) is 35.4 Å². The lowest BCUT2D eigenvalue weighted by atomic mass is 9.72. The van der Waals surface area contributed by atoms with Crippen molar-refractivity contribution in [3.63, 3.8) is 0 Å². The molecule has 1 N–H and O–H groups in total. The maximum atomic E-state index is 12.1. The normalized spacial score (nSPS) is 18.9. The molecule has 0 radical (unpaired) electrons. The number of rotatable bonds is 3. The number of hydrazone groups is 1. The van der Waals surface area contributed by atoms with Crippen molar-refractivity contribution in [2.45, 2.75) is 59.8 Å². The molecule has 0 aliphatic heterocycles. The highest BCUT2D eigenvalue weighted by Crippen LogP contribution is 2.36. The predicted octanol–water partition coefficient (Wildman–Crippen LogP) is 4.57. The van der Waals surface area contributed by atoms with Crippen LogP contribution in [0.5, 0.6) is 0 Å². The number of amides is 1. The topological polar surface area (TPSA) is 41.5 Å². The summed E-state index contributed by atoms with van der Waals surface area (Å²) in [5.74, 6) is 0.636. The van der Waals surface area contributed by atoms with Crippen LogP contribution in [0, 0.1) is 11.3 Å². The number of aryl methyl sites for hydroxylation is 1. The van der Waals surface area contributed by atoms with Gasteiger partial charge in [0.1, 0.15) is 0 Å². The molecule has 120 valence electrons. The van der Waals surface area contributed by atoms with Gasteiger partial charge in [-0.05, 0) is 61.1 Å². The summed E-state index contributed by atoms with van der Waals surface area (Å²) in [5.41, 5.74) is 6.11.